The maximum absolute atomic E-state index is 13.4. The smallest absolute Gasteiger partial charge is 0.227 e. The van der Waals surface area contributed by atoms with E-state index in [0.717, 1.165) is 74.8 Å². The summed E-state index contributed by atoms with van der Waals surface area (Å²) in [7, 11) is 0. The molecule has 1 amide bonds. The number of likely N-dealkylation sites (tertiary alicyclic amines) is 1. The highest BCUT2D eigenvalue weighted by Crippen LogP contribution is 2.49. The second-order valence-electron chi connectivity index (χ2n) is 11.8. The first kappa shape index (κ1) is 23.4. The van der Waals surface area contributed by atoms with Gasteiger partial charge in [-0.25, -0.2) is 4.39 Å². The molecule has 2 N–H and O–H groups in total. The van der Waals surface area contributed by atoms with Crippen molar-refractivity contribution in [3.63, 3.8) is 0 Å². The Kier molecular flexibility index (Phi) is 6.57. The number of halogens is 1. The lowest BCUT2D eigenvalue weighted by molar-refractivity contribution is -0.130. The maximum Gasteiger partial charge on any atom is 0.227 e. The minimum Gasteiger partial charge on any atom is -0.355 e. The molecule has 6 rings (SSSR count). The van der Waals surface area contributed by atoms with Crippen LogP contribution in [0, 0.1) is 34.9 Å². The number of hydrogen-bond donors (Lipinski definition) is 2. The Bertz CT molecular complexity index is 974. The molecule has 1 aromatic rings. The number of nitrogens with one attached hydrogen (secondary N) is 2. The van der Waals surface area contributed by atoms with Crippen LogP contribution in [-0.4, -0.2) is 50.1 Å². The van der Waals surface area contributed by atoms with Gasteiger partial charge in [-0.15, -0.1) is 0 Å². The van der Waals surface area contributed by atoms with Gasteiger partial charge in [0.25, 0.3) is 0 Å². The number of nitrogens with zero attached hydrogens (tertiary/aromatic N) is 1. The first-order chi connectivity index (χ1) is 17.1. The van der Waals surface area contributed by atoms with E-state index in [4.69, 9.17) is 0 Å². The van der Waals surface area contributed by atoms with E-state index >= 15 is 0 Å². The number of rotatable bonds is 8. The highest BCUT2D eigenvalue weighted by Gasteiger charge is 2.51. The van der Waals surface area contributed by atoms with Gasteiger partial charge in [0.2, 0.25) is 5.91 Å². The van der Waals surface area contributed by atoms with Crippen LogP contribution in [0.15, 0.2) is 48.1 Å². The molecule has 0 radical (unpaired) electrons. The molecule has 2 saturated heterocycles. The molecule has 1 aromatic carbocycles. The molecule has 1 spiro atoms. The van der Waals surface area contributed by atoms with E-state index in [-0.39, 0.29) is 23.1 Å². The quantitative estimate of drug-likeness (QED) is 0.536. The first-order valence-electron chi connectivity index (χ1n) is 14.0. The molecule has 2 heterocycles. The van der Waals surface area contributed by atoms with Crippen LogP contribution in [0.1, 0.15) is 56.4 Å². The van der Waals surface area contributed by atoms with Crippen LogP contribution in [-0.2, 0) is 4.79 Å². The van der Waals surface area contributed by atoms with Gasteiger partial charge in [0.1, 0.15) is 5.82 Å². The van der Waals surface area contributed by atoms with Gasteiger partial charge in [-0.2, -0.15) is 0 Å². The number of piperidine rings is 1. The van der Waals surface area contributed by atoms with Crippen molar-refractivity contribution >= 4 is 5.91 Å². The second kappa shape index (κ2) is 9.82. The monoisotopic (exact) mass is 477 g/mol. The zero-order valence-electron chi connectivity index (χ0n) is 20.9. The summed E-state index contributed by atoms with van der Waals surface area (Å²) in [6.07, 6.45) is 16.0. The predicted molar refractivity (Wildman–Crippen MR) is 137 cm³/mol. The SMILES string of the molecule is O=C1NC[C@H](c2ccc(F)cc2)C12CCN(CCNCC1C[C@H]1C1C=C(C3CCC3)C=CC1)CC2. The molecule has 3 aliphatic carbocycles. The fourth-order valence-electron chi connectivity index (χ4n) is 7.21. The Morgan fingerprint density at radius 1 is 1.14 bits per heavy atom. The van der Waals surface area contributed by atoms with Crippen molar-refractivity contribution in [2.75, 3.05) is 39.3 Å². The molecule has 0 bridgehead atoms. The summed E-state index contributed by atoms with van der Waals surface area (Å²) >= 11 is 0. The topological polar surface area (TPSA) is 44.4 Å². The number of carbonyl (C=O) groups excluding carboxylic acids is 1. The fourth-order valence-corrected chi connectivity index (χ4v) is 7.21. The third-order valence-electron chi connectivity index (χ3n) is 9.85. The van der Waals surface area contributed by atoms with E-state index in [0.29, 0.717) is 6.54 Å². The van der Waals surface area contributed by atoms with Crippen molar-refractivity contribution in [3.05, 3.63) is 59.4 Å². The zero-order chi connectivity index (χ0) is 23.8. The first-order valence-corrected chi connectivity index (χ1v) is 14.0. The molecule has 35 heavy (non-hydrogen) atoms. The Hall–Kier alpha value is -1.98. The number of hydrogen-bond acceptors (Lipinski definition) is 3. The molecular weight excluding hydrogens is 437 g/mol. The van der Waals surface area contributed by atoms with E-state index in [2.05, 4.69) is 33.8 Å². The Balaban J connectivity index is 0.933. The normalized spacial score (nSPS) is 32.4. The average Bonchev–Trinajstić information content (AvgIpc) is 3.56. The summed E-state index contributed by atoms with van der Waals surface area (Å²) in [6.45, 7) is 5.81. The molecule has 2 saturated carbocycles. The molecule has 4 atom stereocenters. The summed E-state index contributed by atoms with van der Waals surface area (Å²) in [6, 6.07) is 6.76. The van der Waals surface area contributed by atoms with Crippen molar-refractivity contribution in [3.8, 4) is 0 Å². The molecule has 2 unspecified atom stereocenters. The van der Waals surface area contributed by atoms with Crippen LogP contribution < -0.4 is 10.6 Å². The Labute approximate surface area is 209 Å². The number of amides is 1. The van der Waals surface area contributed by atoms with Gasteiger partial charge in [-0.05, 0) is 105 Å². The van der Waals surface area contributed by atoms with E-state index < -0.39 is 0 Å². The summed E-state index contributed by atoms with van der Waals surface area (Å²) < 4.78 is 13.4. The number of benzene rings is 1. The Morgan fingerprint density at radius 3 is 2.69 bits per heavy atom. The van der Waals surface area contributed by atoms with Gasteiger partial charge < -0.3 is 15.5 Å². The second-order valence-corrected chi connectivity index (χ2v) is 11.8. The van der Waals surface area contributed by atoms with Crippen LogP contribution >= 0.6 is 0 Å². The Morgan fingerprint density at radius 2 is 1.94 bits per heavy atom. The van der Waals surface area contributed by atoms with Crippen molar-refractivity contribution in [1.29, 1.82) is 0 Å². The molecule has 4 nitrogen and oxygen atoms in total. The van der Waals surface area contributed by atoms with Crippen LogP contribution in [0.5, 0.6) is 0 Å². The standard InChI is InChI=1S/C30H40FN3O/c31-26-9-7-22(8-10-26)28-20-33-29(35)30(28)11-14-34(15-12-30)16-13-32-19-25-18-27(25)24-6-2-5-23(17-24)21-3-1-4-21/h2,5,7-10,17,21,24-25,27-28,32H,1,3-4,6,11-16,18-20H2,(H,33,35)/t24?,25?,27-,28+/m0/s1. The maximum atomic E-state index is 13.4. The van der Waals surface area contributed by atoms with E-state index in [9.17, 15) is 9.18 Å². The summed E-state index contributed by atoms with van der Waals surface area (Å²) in [5, 5.41) is 6.84. The van der Waals surface area contributed by atoms with Crippen LogP contribution in [0.2, 0.25) is 0 Å². The highest BCUT2D eigenvalue weighted by atomic mass is 19.1. The largest absolute Gasteiger partial charge is 0.355 e. The van der Waals surface area contributed by atoms with E-state index in [1.54, 1.807) is 5.57 Å². The van der Waals surface area contributed by atoms with E-state index in [1.165, 1.54) is 44.2 Å². The zero-order valence-corrected chi connectivity index (χ0v) is 20.9. The van der Waals surface area contributed by atoms with Crippen LogP contribution in [0.4, 0.5) is 4.39 Å². The van der Waals surface area contributed by atoms with Crippen molar-refractivity contribution in [2.24, 2.45) is 29.1 Å². The molecule has 5 aliphatic rings. The molecule has 5 heteroatoms. The van der Waals surface area contributed by atoms with Crippen molar-refractivity contribution < 1.29 is 9.18 Å². The molecule has 4 fully saturated rings. The fraction of sp³-hybridized carbons (Fsp3) is 0.633. The summed E-state index contributed by atoms with van der Waals surface area (Å²) in [5.41, 5.74) is 2.39. The van der Waals surface area contributed by atoms with Gasteiger partial charge in [-0.3, -0.25) is 4.79 Å². The van der Waals surface area contributed by atoms with Crippen molar-refractivity contribution in [1.82, 2.24) is 15.5 Å². The van der Waals surface area contributed by atoms with Crippen LogP contribution in [0.25, 0.3) is 0 Å². The lowest BCUT2D eigenvalue weighted by Gasteiger charge is -2.41. The van der Waals surface area contributed by atoms with Gasteiger partial charge >= 0.3 is 0 Å². The summed E-state index contributed by atoms with van der Waals surface area (Å²) in [5.74, 6) is 3.47. The molecular formula is C30H40FN3O. The van der Waals surface area contributed by atoms with Gasteiger partial charge in [0.15, 0.2) is 0 Å². The van der Waals surface area contributed by atoms with Gasteiger partial charge in [0.05, 0.1) is 5.41 Å². The molecule has 0 aromatic heterocycles. The lowest BCUT2D eigenvalue weighted by Crippen LogP contribution is -2.47. The average molecular weight is 478 g/mol. The minimum absolute atomic E-state index is 0.149. The highest BCUT2D eigenvalue weighted by molar-refractivity contribution is 5.86. The lowest BCUT2D eigenvalue weighted by atomic mass is 9.68. The third kappa shape index (κ3) is 4.74. The van der Waals surface area contributed by atoms with Gasteiger partial charge in [0, 0.05) is 25.6 Å². The minimum atomic E-state index is -0.330. The van der Waals surface area contributed by atoms with Crippen LogP contribution in [0.3, 0.4) is 0 Å². The number of allylic oxidation sites excluding steroid dienone is 4. The van der Waals surface area contributed by atoms with Crippen molar-refractivity contribution in [2.45, 2.75) is 50.9 Å². The molecule has 188 valence electrons. The third-order valence-corrected chi connectivity index (χ3v) is 9.85. The van der Waals surface area contributed by atoms with Gasteiger partial charge in [-0.1, -0.05) is 36.8 Å². The molecule has 2 aliphatic heterocycles. The number of carbonyl (C=O) groups is 1. The van der Waals surface area contributed by atoms with E-state index in [1.807, 2.05) is 12.1 Å². The summed E-state index contributed by atoms with van der Waals surface area (Å²) in [4.78, 5) is 15.4. The predicted octanol–water partition coefficient (Wildman–Crippen LogP) is 4.65.